The van der Waals surface area contributed by atoms with Gasteiger partial charge in [0.1, 0.15) is 19.3 Å². The van der Waals surface area contributed by atoms with E-state index in [0.29, 0.717) is 33.2 Å². The molecule has 3 heterocycles. The second-order valence-electron chi connectivity index (χ2n) is 13.7. The first-order valence-corrected chi connectivity index (χ1v) is 15.7. The lowest BCUT2D eigenvalue weighted by molar-refractivity contribution is -0.153. The number of halogens is 3. The van der Waals surface area contributed by atoms with Gasteiger partial charge in [-0.25, -0.2) is 23.4 Å². The Bertz CT molecular complexity index is 1830. The maximum absolute atomic E-state index is 14.8. The molecule has 15 heteroatoms. The second-order valence-corrected chi connectivity index (χ2v) is 14.1. The first-order chi connectivity index (χ1) is 22.6. The van der Waals surface area contributed by atoms with Crippen LogP contribution in [0.4, 0.5) is 8.78 Å². The van der Waals surface area contributed by atoms with Gasteiger partial charge in [-0.1, -0.05) is 67.9 Å². The van der Waals surface area contributed by atoms with Gasteiger partial charge in [0.25, 0.3) is 11.8 Å². The fourth-order valence-electron chi connectivity index (χ4n) is 6.25. The van der Waals surface area contributed by atoms with Crippen molar-refractivity contribution in [1.29, 1.82) is 0 Å². The molecule has 252 valence electrons. The third kappa shape index (κ3) is 6.28. The predicted molar refractivity (Wildman–Crippen MR) is 171 cm³/mol. The second kappa shape index (κ2) is 12.1. The average molecular weight is 681 g/mol. The SMILES string of the molecule is CC(C)(C)C[C@]1(c2ccc(-c3ncon3)cc2)N=C(N)N([C@H](COC(=O)CC2(C(C)(F)F)CC2)c2ccc(Cl)c(-n3cncn3)c2)C1=O. The van der Waals surface area contributed by atoms with E-state index in [0.717, 1.165) is 6.92 Å². The summed E-state index contributed by atoms with van der Waals surface area (Å²) in [6.45, 7) is 6.41. The van der Waals surface area contributed by atoms with Crippen molar-refractivity contribution in [3.63, 3.8) is 0 Å². The molecule has 0 radical (unpaired) electrons. The summed E-state index contributed by atoms with van der Waals surface area (Å²) in [5.74, 6) is -4.00. The lowest BCUT2D eigenvalue weighted by atomic mass is 9.75. The summed E-state index contributed by atoms with van der Waals surface area (Å²) in [7, 11) is 0. The van der Waals surface area contributed by atoms with Gasteiger partial charge in [0.2, 0.25) is 12.2 Å². The Hall–Kier alpha value is -4.72. The van der Waals surface area contributed by atoms with E-state index in [2.05, 4.69) is 20.2 Å². The van der Waals surface area contributed by atoms with Crippen LogP contribution in [0, 0.1) is 10.8 Å². The highest BCUT2D eigenvalue weighted by molar-refractivity contribution is 6.32. The number of rotatable bonds is 11. The molecule has 0 bridgehead atoms. The number of aromatic nitrogens is 5. The molecule has 2 aliphatic rings. The fourth-order valence-corrected chi connectivity index (χ4v) is 6.46. The molecular weight excluding hydrogens is 646 g/mol. The zero-order valence-corrected chi connectivity index (χ0v) is 27.6. The van der Waals surface area contributed by atoms with E-state index >= 15 is 0 Å². The largest absolute Gasteiger partial charge is 0.463 e. The maximum atomic E-state index is 14.8. The van der Waals surface area contributed by atoms with E-state index in [1.54, 1.807) is 42.5 Å². The molecule has 2 atom stereocenters. The van der Waals surface area contributed by atoms with Gasteiger partial charge in [0, 0.05) is 11.0 Å². The van der Waals surface area contributed by atoms with Crippen LogP contribution in [0.1, 0.15) is 70.5 Å². The normalized spacial score (nSPS) is 19.7. The number of nitrogens with two attached hydrogens (primary N) is 1. The van der Waals surface area contributed by atoms with Crippen molar-refractivity contribution >= 4 is 29.4 Å². The molecule has 48 heavy (non-hydrogen) atoms. The molecule has 0 spiro atoms. The van der Waals surface area contributed by atoms with Crippen LogP contribution in [-0.4, -0.2) is 60.2 Å². The van der Waals surface area contributed by atoms with Gasteiger partial charge >= 0.3 is 5.97 Å². The molecule has 1 aliphatic carbocycles. The number of guanidine groups is 1. The molecular formula is C33H35ClF2N8O4. The van der Waals surface area contributed by atoms with Gasteiger partial charge in [-0.15, -0.1) is 0 Å². The number of esters is 1. The van der Waals surface area contributed by atoms with E-state index in [1.165, 1.54) is 28.6 Å². The summed E-state index contributed by atoms with van der Waals surface area (Å²) < 4.78 is 40.6. The number of carbonyl (C=O) groups is 2. The number of hydrogen-bond acceptors (Lipinski definition) is 10. The van der Waals surface area contributed by atoms with E-state index in [-0.39, 0.29) is 31.8 Å². The minimum Gasteiger partial charge on any atom is -0.463 e. The van der Waals surface area contributed by atoms with Crippen molar-refractivity contribution in [1.82, 2.24) is 29.8 Å². The highest BCUT2D eigenvalue weighted by Gasteiger charge is 2.60. The predicted octanol–water partition coefficient (Wildman–Crippen LogP) is 5.87. The van der Waals surface area contributed by atoms with Crippen LogP contribution in [0.5, 0.6) is 0 Å². The molecule has 12 nitrogen and oxygen atoms in total. The number of benzene rings is 2. The molecule has 2 N–H and O–H groups in total. The number of amides is 1. The van der Waals surface area contributed by atoms with Gasteiger partial charge in [-0.2, -0.15) is 10.1 Å². The van der Waals surface area contributed by atoms with Crippen LogP contribution in [0.25, 0.3) is 17.1 Å². The number of carbonyl (C=O) groups excluding carboxylic acids is 2. The van der Waals surface area contributed by atoms with Crippen LogP contribution < -0.4 is 5.73 Å². The third-order valence-electron chi connectivity index (χ3n) is 8.89. The molecule has 0 unspecified atom stereocenters. The first kappa shape index (κ1) is 33.2. The number of nitrogens with zero attached hydrogens (tertiary/aromatic N) is 7. The smallest absolute Gasteiger partial charge is 0.306 e. The minimum atomic E-state index is -3.04. The average Bonchev–Trinajstić information content (AvgIpc) is 3.36. The highest BCUT2D eigenvalue weighted by atomic mass is 35.5. The number of aliphatic imine (C=N–C) groups is 1. The fraction of sp³-hybridized carbons (Fsp3) is 0.424. The van der Waals surface area contributed by atoms with Crippen LogP contribution >= 0.6 is 11.6 Å². The van der Waals surface area contributed by atoms with Crippen molar-refractivity contribution in [2.45, 2.75) is 70.9 Å². The number of ether oxygens (including phenoxy) is 1. The van der Waals surface area contributed by atoms with E-state index in [1.807, 2.05) is 20.8 Å². The Balaban J connectivity index is 1.38. The third-order valence-corrected chi connectivity index (χ3v) is 9.21. The summed E-state index contributed by atoms with van der Waals surface area (Å²) in [5.41, 5.74) is 5.54. The summed E-state index contributed by atoms with van der Waals surface area (Å²) in [5, 5.41) is 8.40. The van der Waals surface area contributed by atoms with Gasteiger partial charge in [-0.05, 0) is 54.9 Å². The Morgan fingerprint density at radius 3 is 2.46 bits per heavy atom. The minimum absolute atomic E-state index is 0.0939. The standard InChI is InChI=1S/C33H35ClF2N8O4/c1-30(2,3)16-33(22-8-5-20(6-9-22)27-39-19-48-42-27)28(46)44(29(37)41-33)25(15-47-26(45)14-32(11-12-32)31(4,35)36)21-7-10-23(34)24(13-21)43-18-38-17-40-43/h5-10,13,17-19,25H,11-12,14-16H2,1-4H3,(H2,37,41)/t25-,33-/m1/s1. The molecule has 2 aromatic heterocycles. The Labute approximate surface area is 280 Å². The molecule has 4 aromatic rings. The molecule has 1 fully saturated rings. The first-order valence-electron chi connectivity index (χ1n) is 15.4. The van der Waals surface area contributed by atoms with Crippen LogP contribution in [-0.2, 0) is 19.9 Å². The van der Waals surface area contributed by atoms with Gasteiger partial charge < -0.3 is 15.0 Å². The van der Waals surface area contributed by atoms with Crippen molar-refractivity contribution < 1.29 is 27.6 Å². The molecule has 0 saturated heterocycles. The maximum Gasteiger partial charge on any atom is 0.306 e. The summed E-state index contributed by atoms with van der Waals surface area (Å²) in [6, 6.07) is 11.1. The number of hydrogen-bond donors (Lipinski definition) is 1. The van der Waals surface area contributed by atoms with Crippen LogP contribution in [0.3, 0.4) is 0 Å². The summed E-state index contributed by atoms with van der Waals surface area (Å²) in [4.78, 5) is 42.1. The van der Waals surface area contributed by atoms with Crippen LogP contribution in [0.2, 0.25) is 5.02 Å². The Kier molecular flexibility index (Phi) is 8.34. The molecule has 1 aliphatic heterocycles. The molecule has 1 amide bonds. The number of alkyl halides is 2. The van der Waals surface area contributed by atoms with E-state index in [9.17, 15) is 18.4 Å². The Morgan fingerprint density at radius 1 is 1.15 bits per heavy atom. The van der Waals surface area contributed by atoms with Crippen molar-refractivity contribution in [2.24, 2.45) is 21.6 Å². The molecule has 2 aromatic carbocycles. The van der Waals surface area contributed by atoms with Crippen molar-refractivity contribution in [2.75, 3.05) is 6.61 Å². The summed E-state index contributed by atoms with van der Waals surface area (Å²) in [6.07, 6.45) is 4.30. The lowest BCUT2D eigenvalue weighted by Crippen LogP contribution is -2.47. The van der Waals surface area contributed by atoms with Crippen molar-refractivity contribution in [3.05, 3.63) is 77.7 Å². The van der Waals surface area contributed by atoms with E-state index in [4.69, 9.17) is 31.6 Å². The lowest BCUT2D eigenvalue weighted by Gasteiger charge is -2.35. The zero-order valence-electron chi connectivity index (χ0n) is 26.9. The monoisotopic (exact) mass is 680 g/mol. The molecule has 6 rings (SSSR count). The van der Waals surface area contributed by atoms with E-state index < -0.39 is 46.6 Å². The zero-order chi connectivity index (χ0) is 34.5. The molecule has 1 saturated carbocycles. The Morgan fingerprint density at radius 2 is 1.88 bits per heavy atom. The van der Waals surface area contributed by atoms with Gasteiger partial charge in [-0.3, -0.25) is 14.5 Å². The van der Waals surface area contributed by atoms with Gasteiger partial charge in [0.05, 0.1) is 23.2 Å². The summed E-state index contributed by atoms with van der Waals surface area (Å²) >= 11 is 6.52. The topological polar surface area (TPSA) is 155 Å². The van der Waals surface area contributed by atoms with Gasteiger partial charge in [0.15, 0.2) is 11.5 Å². The quantitative estimate of drug-likeness (QED) is 0.192. The van der Waals surface area contributed by atoms with Crippen LogP contribution in [0.15, 0.2) is 71.0 Å². The van der Waals surface area contributed by atoms with Crippen molar-refractivity contribution in [3.8, 4) is 17.1 Å². The highest BCUT2D eigenvalue weighted by Crippen LogP contribution is 2.59.